The Morgan fingerprint density at radius 3 is 2.54 bits per heavy atom. The van der Waals surface area contributed by atoms with Crippen LogP contribution in [0, 0.1) is 17.7 Å². The number of rotatable bonds is 5. The van der Waals surface area contributed by atoms with Gasteiger partial charge in [-0.25, -0.2) is 4.79 Å². The first-order valence-electron chi connectivity index (χ1n) is 7.40. The third kappa shape index (κ3) is 7.38. The summed E-state index contributed by atoms with van der Waals surface area (Å²) in [5.74, 6) is 2.32. The fourth-order valence-electron chi connectivity index (χ4n) is 1.70. The van der Waals surface area contributed by atoms with Crippen molar-refractivity contribution in [1.82, 2.24) is 10.3 Å². The summed E-state index contributed by atoms with van der Waals surface area (Å²) in [5, 5.41) is 0. The van der Waals surface area contributed by atoms with Gasteiger partial charge in [-0.05, 0) is 44.2 Å². The lowest BCUT2D eigenvalue weighted by molar-refractivity contribution is -0.121. The molecule has 1 aromatic carbocycles. The Morgan fingerprint density at radius 1 is 1.29 bits per heavy atom. The van der Waals surface area contributed by atoms with Crippen molar-refractivity contribution in [2.75, 3.05) is 18.5 Å². The predicted molar refractivity (Wildman–Crippen MR) is 97.5 cm³/mol. The van der Waals surface area contributed by atoms with E-state index in [0.29, 0.717) is 0 Å². The van der Waals surface area contributed by atoms with Crippen molar-refractivity contribution < 1.29 is 14.3 Å². The van der Waals surface area contributed by atoms with Crippen molar-refractivity contribution in [2.24, 2.45) is 0 Å². The van der Waals surface area contributed by atoms with E-state index < -0.39 is 11.7 Å². The van der Waals surface area contributed by atoms with Crippen LogP contribution in [-0.2, 0) is 9.53 Å². The smallest absolute Gasteiger partial charge is 0.411 e. The number of nitrogens with one attached hydrogen (secondary N) is 2. The summed E-state index contributed by atoms with van der Waals surface area (Å²) < 4.78 is 5.28. The molecule has 0 saturated carbocycles. The van der Waals surface area contributed by atoms with Crippen LogP contribution in [0.4, 0.5) is 10.5 Å². The van der Waals surface area contributed by atoms with Gasteiger partial charge in [0.25, 0.3) is 5.91 Å². The Bertz CT molecular complexity index is 644. The highest BCUT2D eigenvalue weighted by Crippen LogP contribution is 2.12. The van der Waals surface area contributed by atoms with Crippen molar-refractivity contribution in [3.63, 3.8) is 0 Å². The molecule has 1 aromatic rings. The summed E-state index contributed by atoms with van der Waals surface area (Å²) in [6, 6.07) is 7.54. The normalized spacial score (nSPS) is 10.2. The molecule has 0 aliphatic carbocycles. The zero-order valence-corrected chi connectivity index (χ0v) is 15.9. The van der Waals surface area contributed by atoms with Gasteiger partial charge in [-0.3, -0.25) is 20.5 Å². The number of hydrazine groups is 1. The number of para-hydroxylation sites is 1. The number of amides is 2. The fourth-order valence-corrected chi connectivity index (χ4v) is 1.83. The third-order valence-electron chi connectivity index (χ3n) is 2.80. The molecule has 7 heteroatoms. The molecule has 2 amide bonds. The van der Waals surface area contributed by atoms with Crippen molar-refractivity contribution in [3.05, 3.63) is 29.8 Å². The SMILES string of the molecule is Cc1ccccc1NNC(=O)CN(CC#CBr)C(=O)OC(C)(C)C. The number of nitrogens with zero attached hydrogens (tertiary/aromatic N) is 1. The molecule has 0 radical (unpaired) electrons. The number of carbonyl (C=O) groups excluding carboxylic acids is 2. The Balaban J connectivity index is 2.64. The highest BCUT2D eigenvalue weighted by Gasteiger charge is 2.23. The van der Waals surface area contributed by atoms with Crippen LogP contribution in [0.25, 0.3) is 0 Å². The molecule has 0 unspecified atom stereocenters. The van der Waals surface area contributed by atoms with Gasteiger partial charge in [-0.1, -0.05) is 24.1 Å². The average molecular weight is 396 g/mol. The van der Waals surface area contributed by atoms with Gasteiger partial charge < -0.3 is 4.74 Å². The Kier molecular flexibility index (Phi) is 7.59. The van der Waals surface area contributed by atoms with Crippen LogP contribution in [0.2, 0.25) is 0 Å². The quantitative estimate of drug-likeness (QED) is 0.593. The second kappa shape index (κ2) is 9.18. The zero-order chi connectivity index (χ0) is 18.2. The fraction of sp³-hybridized carbons (Fsp3) is 0.412. The van der Waals surface area contributed by atoms with E-state index in [1.165, 1.54) is 4.90 Å². The monoisotopic (exact) mass is 395 g/mol. The minimum Gasteiger partial charge on any atom is -0.444 e. The molecule has 0 atom stereocenters. The minimum absolute atomic E-state index is 0.0813. The lowest BCUT2D eigenvalue weighted by Crippen LogP contribution is -2.44. The summed E-state index contributed by atoms with van der Waals surface area (Å²) >= 11 is 2.97. The van der Waals surface area contributed by atoms with Gasteiger partial charge >= 0.3 is 6.09 Å². The average Bonchev–Trinajstić information content (AvgIpc) is 2.48. The maximum Gasteiger partial charge on any atom is 0.411 e. The molecular formula is C17H22BrN3O3. The molecule has 0 aromatic heterocycles. The van der Waals surface area contributed by atoms with Gasteiger partial charge in [0.1, 0.15) is 12.1 Å². The minimum atomic E-state index is -0.646. The van der Waals surface area contributed by atoms with Gasteiger partial charge in [0.05, 0.1) is 12.2 Å². The molecule has 0 heterocycles. The van der Waals surface area contributed by atoms with Crippen molar-refractivity contribution in [1.29, 1.82) is 0 Å². The second-order valence-electron chi connectivity index (χ2n) is 6.10. The molecular weight excluding hydrogens is 374 g/mol. The zero-order valence-electron chi connectivity index (χ0n) is 14.3. The van der Waals surface area contributed by atoms with Crippen molar-refractivity contribution >= 4 is 33.6 Å². The van der Waals surface area contributed by atoms with Crippen LogP contribution in [-0.4, -0.2) is 35.6 Å². The summed E-state index contributed by atoms with van der Waals surface area (Å²) in [6.07, 6.45) is -0.594. The van der Waals surface area contributed by atoms with E-state index >= 15 is 0 Å². The highest BCUT2D eigenvalue weighted by atomic mass is 79.9. The van der Waals surface area contributed by atoms with Crippen LogP contribution in [0.15, 0.2) is 24.3 Å². The molecule has 0 aliphatic heterocycles. The molecule has 6 nitrogen and oxygen atoms in total. The Labute approximate surface area is 151 Å². The first-order chi connectivity index (χ1) is 11.2. The highest BCUT2D eigenvalue weighted by molar-refractivity contribution is 9.12. The van der Waals surface area contributed by atoms with Crippen LogP contribution in [0.5, 0.6) is 0 Å². The van der Waals surface area contributed by atoms with E-state index in [1.54, 1.807) is 20.8 Å². The predicted octanol–water partition coefficient (Wildman–Crippen LogP) is 3.03. The lowest BCUT2D eigenvalue weighted by Gasteiger charge is -2.25. The first-order valence-corrected chi connectivity index (χ1v) is 8.19. The number of benzene rings is 1. The maximum absolute atomic E-state index is 12.1. The van der Waals surface area contributed by atoms with E-state index in [2.05, 4.69) is 37.5 Å². The van der Waals surface area contributed by atoms with Gasteiger partial charge in [0.15, 0.2) is 0 Å². The largest absolute Gasteiger partial charge is 0.444 e. The molecule has 1 rings (SSSR count). The number of carbonyl (C=O) groups is 2. The number of ether oxygens (including phenoxy) is 1. The molecule has 24 heavy (non-hydrogen) atoms. The van der Waals surface area contributed by atoms with Crippen molar-refractivity contribution in [2.45, 2.75) is 33.3 Å². The van der Waals surface area contributed by atoms with E-state index in [1.807, 2.05) is 31.2 Å². The van der Waals surface area contributed by atoms with Gasteiger partial charge in [-0.15, -0.1) is 0 Å². The van der Waals surface area contributed by atoms with E-state index in [0.717, 1.165) is 11.3 Å². The molecule has 0 fully saturated rings. The molecule has 0 saturated heterocycles. The summed E-state index contributed by atoms with van der Waals surface area (Å²) in [4.78, 5) is 28.0. The molecule has 0 bridgehead atoms. The van der Waals surface area contributed by atoms with E-state index in [-0.39, 0.29) is 19.0 Å². The maximum atomic E-state index is 12.1. The summed E-state index contributed by atoms with van der Waals surface area (Å²) in [6.45, 7) is 7.12. The van der Waals surface area contributed by atoms with Crippen LogP contribution >= 0.6 is 15.9 Å². The number of aryl methyl sites for hydroxylation is 1. The number of hydrogen-bond acceptors (Lipinski definition) is 4. The Morgan fingerprint density at radius 2 is 1.96 bits per heavy atom. The first kappa shape index (κ1) is 19.8. The van der Waals surface area contributed by atoms with Gasteiger partial charge in [-0.2, -0.15) is 0 Å². The molecule has 130 valence electrons. The van der Waals surface area contributed by atoms with E-state index in [4.69, 9.17) is 4.74 Å². The standard InChI is InChI=1S/C17H22BrN3O3/c1-13-8-5-6-9-14(13)19-20-15(22)12-21(11-7-10-18)16(23)24-17(2,3)4/h5-6,8-9,19H,11-12H2,1-4H3,(H,20,22). The number of anilines is 1. The van der Waals surface area contributed by atoms with Crippen LogP contribution < -0.4 is 10.9 Å². The summed E-state index contributed by atoms with van der Waals surface area (Å²) in [7, 11) is 0. The summed E-state index contributed by atoms with van der Waals surface area (Å²) in [5.41, 5.74) is 6.54. The van der Waals surface area contributed by atoms with E-state index in [9.17, 15) is 9.59 Å². The molecule has 2 N–H and O–H groups in total. The van der Waals surface area contributed by atoms with Crippen LogP contribution in [0.3, 0.4) is 0 Å². The Hall–Kier alpha value is -2.20. The van der Waals surface area contributed by atoms with Gasteiger partial charge in [0, 0.05) is 15.9 Å². The van der Waals surface area contributed by atoms with Crippen molar-refractivity contribution in [3.8, 4) is 10.8 Å². The lowest BCUT2D eigenvalue weighted by atomic mass is 10.2. The number of hydrogen-bond donors (Lipinski definition) is 2. The topological polar surface area (TPSA) is 70.7 Å². The third-order valence-corrected chi connectivity index (χ3v) is 3.08. The van der Waals surface area contributed by atoms with Gasteiger partial charge in [0.2, 0.25) is 0 Å². The molecule has 0 aliphatic rings. The van der Waals surface area contributed by atoms with Crippen LogP contribution in [0.1, 0.15) is 26.3 Å². The second-order valence-corrected chi connectivity index (χ2v) is 6.49. The molecule has 0 spiro atoms. The number of halogens is 1.